The second kappa shape index (κ2) is 10.3. The van der Waals surface area contributed by atoms with Gasteiger partial charge in [0.15, 0.2) is 0 Å². The van der Waals surface area contributed by atoms with Crippen LogP contribution in [0.5, 0.6) is 0 Å². The Balaban J connectivity index is 2.00. The van der Waals surface area contributed by atoms with Crippen LogP contribution in [0, 0.1) is 10.1 Å². The lowest BCUT2D eigenvalue weighted by Crippen LogP contribution is -2.46. The summed E-state index contributed by atoms with van der Waals surface area (Å²) in [4.78, 5) is 52.6. The number of amides is 1. The summed E-state index contributed by atoms with van der Waals surface area (Å²) < 4.78 is 9.64. The maximum Gasteiger partial charge on any atom is 0.329 e. The molecule has 3 aromatic rings. The normalized spacial score (nSPS) is 12.4. The number of aromatic nitrogens is 1. The van der Waals surface area contributed by atoms with Crippen LogP contribution in [0.15, 0.2) is 60.8 Å². The number of nitro benzene ring substituents is 1. The minimum absolute atomic E-state index is 0.155. The summed E-state index contributed by atoms with van der Waals surface area (Å²) in [6.45, 7) is 0. The van der Waals surface area contributed by atoms with Gasteiger partial charge >= 0.3 is 11.9 Å². The fourth-order valence-electron chi connectivity index (χ4n) is 3.50. The lowest BCUT2D eigenvalue weighted by Gasteiger charge is -2.26. The van der Waals surface area contributed by atoms with Crippen LogP contribution in [0.4, 0.5) is 5.69 Å². The molecule has 2 aromatic carbocycles. The Morgan fingerprint density at radius 1 is 1.03 bits per heavy atom. The summed E-state index contributed by atoms with van der Waals surface area (Å²) in [7, 11) is 2.36. The summed E-state index contributed by atoms with van der Waals surface area (Å²) in [6, 6.07) is 12.6. The Labute approximate surface area is 188 Å². The van der Waals surface area contributed by atoms with Crippen LogP contribution < -0.4 is 5.32 Å². The number of nitrogens with one attached hydrogen (secondary N) is 1. The predicted octanol–water partition coefficient (Wildman–Crippen LogP) is 2.76. The molecule has 10 nitrogen and oxygen atoms in total. The largest absolute Gasteiger partial charge is 0.469 e. The number of methoxy groups -OCH3 is 2. The summed E-state index contributed by atoms with van der Waals surface area (Å²) in [6.07, 6.45) is 1.21. The highest BCUT2D eigenvalue weighted by molar-refractivity contribution is 6.07. The molecule has 1 N–H and O–H groups in total. The molecule has 0 saturated heterocycles. The molecule has 33 heavy (non-hydrogen) atoms. The Kier molecular flexibility index (Phi) is 7.29. The second-order valence-corrected chi connectivity index (χ2v) is 7.09. The van der Waals surface area contributed by atoms with Crippen molar-refractivity contribution >= 4 is 34.4 Å². The number of hydrogen-bond acceptors (Lipinski definition) is 8. The summed E-state index contributed by atoms with van der Waals surface area (Å²) in [5.41, 5.74) is 1.15. The van der Waals surface area contributed by atoms with E-state index in [4.69, 9.17) is 9.47 Å². The monoisotopic (exact) mass is 451 g/mol. The third kappa shape index (κ3) is 5.29. The van der Waals surface area contributed by atoms with E-state index >= 15 is 0 Å². The molecule has 0 aliphatic rings. The van der Waals surface area contributed by atoms with E-state index in [1.165, 1.54) is 43.6 Å². The Morgan fingerprint density at radius 3 is 2.36 bits per heavy atom. The van der Waals surface area contributed by atoms with Crippen molar-refractivity contribution < 1.29 is 28.8 Å². The van der Waals surface area contributed by atoms with Gasteiger partial charge in [-0.1, -0.05) is 30.3 Å². The van der Waals surface area contributed by atoms with E-state index in [-0.39, 0.29) is 17.7 Å². The average molecular weight is 451 g/mol. The van der Waals surface area contributed by atoms with E-state index in [0.717, 1.165) is 7.11 Å². The first-order valence-electron chi connectivity index (χ1n) is 9.89. The van der Waals surface area contributed by atoms with Crippen LogP contribution in [0.3, 0.4) is 0 Å². The lowest BCUT2D eigenvalue weighted by molar-refractivity contribution is -0.384. The third-order valence-corrected chi connectivity index (χ3v) is 5.18. The highest BCUT2D eigenvalue weighted by atomic mass is 16.6. The second-order valence-electron chi connectivity index (χ2n) is 7.09. The fourth-order valence-corrected chi connectivity index (χ4v) is 3.50. The Bertz CT molecular complexity index is 1190. The molecule has 0 aliphatic heterocycles. The predicted molar refractivity (Wildman–Crippen MR) is 117 cm³/mol. The highest BCUT2D eigenvalue weighted by Gasteiger charge is 2.34. The van der Waals surface area contributed by atoms with Crippen molar-refractivity contribution in [2.24, 2.45) is 0 Å². The smallest absolute Gasteiger partial charge is 0.329 e. The zero-order valence-corrected chi connectivity index (χ0v) is 17.9. The van der Waals surface area contributed by atoms with Crippen LogP contribution in [0.2, 0.25) is 0 Å². The van der Waals surface area contributed by atoms with Gasteiger partial charge in [-0.15, -0.1) is 0 Å². The molecule has 2 atom stereocenters. The van der Waals surface area contributed by atoms with Crippen molar-refractivity contribution in [3.63, 3.8) is 0 Å². The highest BCUT2D eigenvalue weighted by Crippen LogP contribution is 2.28. The fraction of sp³-hybridized carbons (Fsp3) is 0.217. The zero-order valence-electron chi connectivity index (χ0n) is 17.9. The molecule has 1 aromatic heterocycles. The van der Waals surface area contributed by atoms with E-state index in [1.54, 1.807) is 24.3 Å². The molecule has 1 heterocycles. The number of carbonyl (C=O) groups excluding carboxylic acids is 3. The summed E-state index contributed by atoms with van der Waals surface area (Å²) >= 11 is 0. The van der Waals surface area contributed by atoms with Gasteiger partial charge in [-0.3, -0.25) is 24.7 Å². The molecule has 0 saturated carbocycles. The maximum absolute atomic E-state index is 13.2. The van der Waals surface area contributed by atoms with Crippen molar-refractivity contribution in [3.8, 4) is 0 Å². The Hall–Kier alpha value is -4.34. The number of ether oxygens (including phenoxy) is 2. The molecule has 0 bridgehead atoms. The number of nitro groups is 1. The average Bonchev–Trinajstić information content (AvgIpc) is 2.84. The van der Waals surface area contributed by atoms with Gasteiger partial charge in [-0.05, 0) is 17.7 Å². The number of fused-ring (bicyclic) bond motifs is 1. The molecular formula is C23H21N3O7. The van der Waals surface area contributed by atoms with Gasteiger partial charge in [0.1, 0.15) is 6.04 Å². The molecule has 0 spiro atoms. The first kappa shape index (κ1) is 23.3. The zero-order chi connectivity index (χ0) is 24.0. The molecule has 0 unspecified atom stereocenters. The molecule has 0 aliphatic carbocycles. The van der Waals surface area contributed by atoms with E-state index in [0.29, 0.717) is 16.5 Å². The topological polar surface area (TPSA) is 138 Å². The van der Waals surface area contributed by atoms with Crippen LogP contribution in [0.25, 0.3) is 10.9 Å². The first-order chi connectivity index (χ1) is 15.8. The number of nitrogens with zero attached hydrogens (tertiary/aromatic N) is 2. The van der Waals surface area contributed by atoms with Gasteiger partial charge in [0, 0.05) is 29.6 Å². The van der Waals surface area contributed by atoms with Crippen molar-refractivity contribution in [2.45, 2.75) is 18.4 Å². The lowest BCUT2D eigenvalue weighted by atomic mass is 9.88. The van der Waals surface area contributed by atoms with Gasteiger partial charge < -0.3 is 14.8 Å². The molecule has 170 valence electrons. The minimum atomic E-state index is -1.27. The number of benzene rings is 2. The summed E-state index contributed by atoms with van der Waals surface area (Å²) in [5.74, 6) is -2.88. The van der Waals surface area contributed by atoms with E-state index in [1.807, 2.05) is 0 Å². The molecule has 0 radical (unpaired) electrons. The van der Waals surface area contributed by atoms with E-state index < -0.39 is 34.7 Å². The first-order valence-corrected chi connectivity index (χ1v) is 9.89. The number of rotatable bonds is 8. The van der Waals surface area contributed by atoms with Gasteiger partial charge in [-0.2, -0.15) is 0 Å². The molecule has 1 amide bonds. The molecular weight excluding hydrogens is 430 g/mol. The quantitative estimate of drug-likeness (QED) is 0.313. The van der Waals surface area contributed by atoms with Crippen molar-refractivity contribution in [2.75, 3.05) is 14.2 Å². The van der Waals surface area contributed by atoms with E-state index in [2.05, 4.69) is 10.3 Å². The number of esters is 2. The van der Waals surface area contributed by atoms with Crippen molar-refractivity contribution in [1.82, 2.24) is 10.3 Å². The van der Waals surface area contributed by atoms with Crippen molar-refractivity contribution in [1.29, 1.82) is 0 Å². The maximum atomic E-state index is 13.2. The van der Waals surface area contributed by atoms with Gasteiger partial charge in [0.05, 0.1) is 36.6 Å². The van der Waals surface area contributed by atoms with Crippen LogP contribution in [-0.2, 0) is 19.1 Å². The number of para-hydroxylation sites is 1. The molecule has 0 fully saturated rings. The number of non-ortho nitro benzene ring substituents is 1. The molecule has 10 heteroatoms. The summed E-state index contributed by atoms with van der Waals surface area (Å²) in [5, 5.41) is 14.2. The van der Waals surface area contributed by atoms with Crippen LogP contribution in [-0.4, -0.2) is 48.0 Å². The van der Waals surface area contributed by atoms with Crippen molar-refractivity contribution in [3.05, 3.63) is 82.0 Å². The number of pyridine rings is 1. The minimum Gasteiger partial charge on any atom is -0.469 e. The third-order valence-electron chi connectivity index (χ3n) is 5.18. The number of hydrogen-bond donors (Lipinski definition) is 1. The van der Waals surface area contributed by atoms with Gasteiger partial charge in [0.2, 0.25) is 0 Å². The molecule has 3 rings (SSSR count). The van der Waals surface area contributed by atoms with Crippen LogP contribution >= 0.6 is 0 Å². The van der Waals surface area contributed by atoms with Gasteiger partial charge in [0.25, 0.3) is 11.6 Å². The van der Waals surface area contributed by atoms with E-state index in [9.17, 15) is 24.5 Å². The van der Waals surface area contributed by atoms with Gasteiger partial charge in [-0.25, -0.2) is 4.79 Å². The Morgan fingerprint density at radius 2 is 1.73 bits per heavy atom. The SMILES string of the molecule is COC(=O)C[C@H](c1ccc([N+](=O)[O-])cc1)[C@@H](NC(=O)c1ccnc2ccccc12)C(=O)OC. The number of carbonyl (C=O) groups is 3. The standard InChI is InChI=1S/C23H21N3O7/c1-32-20(27)13-18(14-7-9-15(10-8-14)26(30)31)21(23(29)33-2)25-22(28)17-11-12-24-19-6-4-3-5-16(17)19/h3-12,18,21H,13H2,1-2H3,(H,25,28)/t18-,21-/m1/s1. The van der Waals surface area contributed by atoms with Crippen LogP contribution in [0.1, 0.15) is 28.3 Å².